The number of piperazine rings is 1. The lowest BCUT2D eigenvalue weighted by atomic mass is 10.1. The van der Waals surface area contributed by atoms with Crippen molar-refractivity contribution in [3.05, 3.63) is 10.6 Å². The third-order valence-corrected chi connectivity index (χ3v) is 5.55. The van der Waals surface area contributed by atoms with Crippen molar-refractivity contribution in [1.29, 1.82) is 0 Å². The maximum atomic E-state index is 9.40. The van der Waals surface area contributed by atoms with Crippen LogP contribution in [0.15, 0.2) is 0 Å². The summed E-state index contributed by atoms with van der Waals surface area (Å²) in [5.74, 6) is 0. The number of hydrogen-bond acceptors (Lipinski definition) is 6. The molecule has 6 heteroatoms. The second kappa shape index (κ2) is 7.54. The fraction of sp³-hybridized carbons (Fsp3) is 0.800. The molecule has 5 nitrogen and oxygen atoms in total. The van der Waals surface area contributed by atoms with E-state index in [2.05, 4.69) is 33.5 Å². The van der Waals surface area contributed by atoms with Crippen LogP contribution in [0.4, 0.5) is 5.13 Å². The zero-order chi connectivity index (χ0) is 15.4. The molecule has 1 N–H and O–H groups in total. The monoisotopic (exact) mass is 312 g/mol. The van der Waals surface area contributed by atoms with Crippen molar-refractivity contribution in [2.75, 3.05) is 51.8 Å². The van der Waals surface area contributed by atoms with Gasteiger partial charge in [0.15, 0.2) is 5.13 Å². The Balaban J connectivity index is 1.89. The predicted octanol–water partition coefficient (Wildman–Crippen LogP) is 1.41. The normalized spacial score (nSPS) is 18.9. The van der Waals surface area contributed by atoms with Gasteiger partial charge in [-0.25, -0.2) is 4.98 Å². The molecule has 1 aliphatic rings. The first kappa shape index (κ1) is 16.7. The SMILES string of the molecule is CC[C@@H](CO)N1CCN(Cc2sc(N(C)C)nc2C)CC1. The first-order valence-corrected chi connectivity index (χ1v) is 8.57. The van der Waals surface area contributed by atoms with Crippen molar-refractivity contribution in [1.82, 2.24) is 14.8 Å². The molecule has 1 saturated heterocycles. The van der Waals surface area contributed by atoms with Gasteiger partial charge in [-0.2, -0.15) is 0 Å². The summed E-state index contributed by atoms with van der Waals surface area (Å²) in [4.78, 5) is 13.0. The van der Waals surface area contributed by atoms with E-state index in [0.717, 1.165) is 50.0 Å². The highest BCUT2D eigenvalue weighted by atomic mass is 32.1. The lowest BCUT2D eigenvalue weighted by molar-refractivity contribution is 0.0611. The minimum Gasteiger partial charge on any atom is -0.395 e. The lowest BCUT2D eigenvalue weighted by Gasteiger charge is -2.38. The molecule has 1 atom stereocenters. The Hall–Kier alpha value is -0.690. The number of aryl methyl sites for hydroxylation is 1. The summed E-state index contributed by atoms with van der Waals surface area (Å²) in [5, 5.41) is 10.5. The number of thiazole rings is 1. The third-order valence-electron chi connectivity index (χ3n) is 4.24. The van der Waals surface area contributed by atoms with E-state index in [4.69, 9.17) is 0 Å². The molecule has 0 saturated carbocycles. The molecule has 0 spiro atoms. The highest BCUT2D eigenvalue weighted by Gasteiger charge is 2.23. The zero-order valence-corrected chi connectivity index (χ0v) is 14.5. The highest BCUT2D eigenvalue weighted by Crippen LogP contribution is 2.26. The first-order chi connectivity index (χ1) is 10.0. The second-order valence-corrected chi connectivity index (χ2v) is 7.02. The van der Waals surface area contributed by atoms with Gasteiger partial charge in [0.25, 0.3) is 0 Å². The largest absolute Gasteiger partial charge is 0.395 e. The fourth-order valence-corrected chi connectivity index (χ4v) is 3.77. The molecule has 2 heterocycles. The van der Waals surface area contributed by atoms with Crippen molar-refractivity contribution >= 4 is 16.5 Å². The van der Waals surface area contributed by atoms with Crippen molar-refractivity contribution < 1.29 is 5.11 Å². The fourth-order valence-electron chi connectivity index (χ4n) is 2.74. The van der Waals surface area contributed by atoms with Gasteiger partial charge < -0.3 is 10.0 Å². The average Bonchev–Trinajstić information content (AvgIpc) is 2.84. The van der Waals surface area contributed by atoms with Gasteiger partial charge in [0.2, 0.25) is 0 Å². The van der Waals surface area contributed by atoms with Gasteiger partial charge >= 0.3 is 0 Å². The average molecular weight is 312 g/mol. The molecule has 0 bridgehead atoms. The zero-order valence-electron chi connectivity index (χ0n) is 13.7. The van der Waals surface area contributed by atoms with Crippen LogP contribution in [0, 0.1) is 6.92 Å². The predicted molar refractivity (Wildman–Crippen MR) is 89.2 cm³/mol. The minimum absolute atomic E-state index is 0.274. The molecular formula is C15H28N4OS. The van der Waals surface area contributed by atoms with Gasteiger partial charge in [-0.1, -0.05) is 6.92 Å². The number of aliphatic hydroxyl groups is 1. The van der Waals surface area contributed by atoms with Gasteiger partial charge in [-0.3, -0.25) is 9.80 Å². The molecule has 21 heavy (non-hydrogen) atoms. The Kier molecular flexibility index (Phi) is 5.98. The number of nitrogens with zero attached hydrogens (tertiary/aromatic N) is 4. The van der Waals surface area contributed by atoms with Crippen molar-refractivity contribution in [2.45, 2.75) is 32.9 Å². The molecule has 0 amide bonds. The van der Waals surface area contributed by atoms with Crippen LogP contribution in [0.3, 0.4) is 0 Å². The van der Waals surface area contributed by atoms with E-state index in [9.17, 15) is 5.11 Å². The molecule has 1 aliphatic heterocycles. The quantitative estimate of drug-likeness (QED) is 0.860. The van der Waals surface area contributed by atoms with E-state index in [1.165, 1.54) is 4.88 Å². The van der Waals surface area contributed by atoms with E-state index < -0.39 is 0 Å². The highest BCUT2D eigenvalue weighted by molar-refractivity contribution is 7.15. The second-order valence-electron chi connectivity index (χ2n) is 5.96. The maximum absolute atomic E-state index is 9.40. The molecule has 2 rings (SSSR count). The standard InChI is InChI=1S/C15H28N4OS/c1-5-13(11-20)19-8-6-18(7-9-19)10-14-12(2)16-15(21-14)17(3)4/h13,20H,5-11H2,1-4H3/t13-/m0/s1. The van der Waals surface area contributed by atoms with Gasteiger partial charge in [0.05, 0.1) is 12.3 Å². The van der Waals surface area contributed by atoms with Gasteiger partial charge in [0, 0.05) is 57.7 Å². The van der Waals surface area contributed by atoms with Crippen LogP contribution in [0.25, 0.3) is 0 Å². The Labute approximate surface area is 132 Å². The number of anilines is 1. The van der Waals surface area contributed by atoms with Crippen LogP contribution in [-0.2, 0) is 6.54 Å². The van der Waals surface area contributed by atoms with Crippen LogP contribution in [0.5, 0.6) is 0 Å². The molecule has 120 valence electrons. The molecule has 1 aromatic rings. The number of aliphatic hydroxyl groups excluding tert-OH is 1. The number of rotatable bonds is 6. The Morgan fingerprint density at radius 2 is 1.95 bits per heavy atom. The maximum Gasteiger partial charge on any atom is 0.185 e. The summed E-state index contributed by atoms with van der Waals surface area (Å²) in [6.45, 7) is 9.79. The van der Waals surface area contributed by atoms with E-state index >= 15 is 0 Å². The smallest absolute Gasteiger partial charge is 0.185 e. The van der Waals surface area contributed by atoms with Crippen LogP contribution < -0.4 is 4.90 Å². The Bertz CT molecular complexity index is 437. The van der Waals surface area contributed by atoms with Gasteiger partial charge in [-0.15, -0.1) is 11.3 Å². The summed E-state index contributed by atoms with van der Waals surface area (Å²) >= 11 is 1.80. The number of aromatic nitrogens is 1. The van der Waals surface area contributed by atoms with Gasteiger partial charge in [0.1, 0.15) is 0 Å². The van der Waals surface area contributed by atoms with Crippen LogP contribution in [0.1, 0.15) is 23.9 Å². The summed E-state index contributed by atoms with van der Waals surface area (Å²) in [6.07, 6.45) is 1.02. The molecule has 1 aromatic heterocycles. The van der Waals surface area contributed by atoms with E-state index in [0.29, 0.717) is 6.04 Å². The van der Waals surface area contributed by atoms with Gasteiger partial charge in [-0.05, 0) is 13.3 Å². The van der Waals surface area contributed by atoms with E-state index in [1.54, 1.807) is 11.3 Å². The molecule has 0 unspecified atom stereocenters. The Morgan fingerprint density at radius 1 is 1.29 bits per heavy atom. The van der Waals surface area contributed by atoms with Crippen molar-refractivity contribution in [2.24, 2.45) is 0 Å². The number of hydrogen-bond donors (Lipinski definition) is 1. The summed E-state index contributed by atoms with van der Waals surface area (Å²) in [5.41, 5.74) is 1.16. The van der Waals surface area contributed by atoms with Crippen LogP contribution in [-0.4, -0.2) is 72.8 Å². The summed E-state index contributed by atoms with van der Waals surface area (Å²) in [7, 11) is 4.08. The topological polar surface area (TPSA) is 42.8 Å². The van der Waals surface area contributed by atoms with Crippen molar-refractivity contribution in [3.8, 4) is 0 Å². The van der Waals surface area contributed by atoms with Crippen LogP contribution in [0.2, 0.25) is 0 Å². The summed E-state index contributed by atoms with van der Waals surface area (Å²) < 4.78 is 0. The first-order valence-electron chi connectivity index (χ1n) is 7.76. The lowest BCUT2D eigenvalue weighted by Crippen LogP contribution is -2.50. The molecule has 1 fully saturated rings. The summed E-state index contributed by atoms with van der Waals surface area (Å²) in [6, 6.07) is 0.331. The molecule has 0 radical (unpaired) electrons. The van der Waals surface area contributed by atoms with Crippen molar-refractivity contribution in [3.63, 3.8) is 0 Å². The molecular weight excluding hydrogens is 284 g/mol. The molecule has 0 aromatic carbocycles. The van der Waals surface area contributed by atoms with Crippen LogP contribution >= 0.6 is 11.3 Å². The third kappa shape index (κ3) is 4.16. The molecule has 0 aliphatic carbocycles. The van der Waals surface area contributed by atoms with E-state index in [-0.39, 0.29) is 6.61 Å². The Morgan fingerprint density at radius 3 is 2.43 bits per heavy atom. The minimum atomic E-state index is 0.274. The van der Waals surface area contributed by atoms with E-state index in [1.807, 2.05) is 14.1 Å².